The number of likely N-dealkylation sites (tertiary alicyclic amines) is 2. The third-order valence-corrected chi connectivity index (χ3v) is 16.5. The number of halogens is 1. The maximum absolute atomic E-state index is 14.2. The molecule has 0 aliphatic carbocycles. The molecule has 402 valence electrons. The summed E-state index contributed by atoms with van der Waals surface area (Å²) in [4.78, 5) is 93.0. The van der Waals surface area contributed by atoms with Gasteiger partial charge in [-0.15, -0.1) is 11.3 Å². The molecule has 3 aromatic heterocycles. The van der Waals surface area contributed by atoms with Gasteiger partial charge < -0.3 is 35.8 Å². The van der Waals surface area contributed by atoms with E-state index in [4.69, 9.17) is 16.6 Å². The molecule has 18 heteroatoms. The van der Waals surface area contributed by atoms with E-state index in [0.29, 0.717) is 92.6 Å². The summed E-state index contributed by atoms with van der Waals surface area (Å²) >= 11 is 8.19. The molecule has 3 saturated heterocycles. The fourth-order valence-electron chi connectivity index (χ4n) is 10.7. The van der Waals surface area contributed by atoms with E-state index in [2.05, 4.69) is 43.0 Å². The number of hydrogen-bond acceptors (Lipinski definition) is 12. The van der Waals surface area contributed by atoms with Gasteiger partial charge in [-0.3, -0.25) is 29.0 Å². The number of anilines is 3. The summed E-state index contributed by atoms with van der Waals surface area (Å²) in [6.07, 6.45) is 8.21. The zero-order chi connectivity index (χ0) is 54.4. The number of benzene rings is 3. The minimum atomic E-state index is -0.933. The molecule has 6 heterocycles. The first-order chi connectivity index (χ1) is 37.0. The number of aliphatic hydroxyl groups is 1. The van der Waals surface area contributed by atoms with Gasteiger partial charge in [0.1, 0.15) is 12.1 Å². The SMILES string of the molecule is Cc1ncsc1-c1ccc([C@H](C)NC(=O)[C@@H]2C[C@@H](O)CN2C(=O)C(NC(=O)CCCCCC(=O)N2CCC3(CC2)CCN(c2cncc(Nc4ncc(Cl)c(-c5cccc(-c6ccccc6)c5)n4)c2)C3=O)C(C)(C)C)cc1. The highest BCUT2D eigenvalue weighted by Gasteiger charge is 2.49. The highest BCUT2D eigenvalue weighted by Crippen LogP contribution is 2.44. The van der Waals surface area contributed by atoms with Crippen molar-refractivity contribution >= 4 is 69.8 Å². The highest BCUT2D eigenvalue weighted by molar-refractivity contribution is 7.13. The van der Waals surface area contributed by atoms with E-state index < -0.39 is 34.9 Å². The number of carbonyl (C=O) groups excluding carboxylic acids is 5. The van der Waals surface area contributed by atoms with Crippen LogP contribution in [-0.4, -0.2) is 109 Å². The first kappa shape index (κ1) is 54.7. The first-order valence-corrected chi connectivity index (χ1v) is 27.8. The van der Waals surface area contributed by atoms with Crippen LogP contribution < -0.4 is 20.9 Å². The van der Waals surface area contributed by atoms with Crippen molar-refractivity contribution in [3.63, 3.8) is 0 Å². The molecule has 5 amide bonds. The van der Waals surface area contributed by atoms with Gasteiger partial charge in [0.25, 0.3) is 0 Å². The largest absolute Gasteiger partial charge is 0.391 e. The molecule has 3 fully saturated rings. The lowest BCUT2D eigenvalue weighted by molar-refractivity contribution is -0.144. The highest BCUT2D eigenvalue weighted by atomic mass is 35.5. The fourth-order valence-corrected chi connectivity index (χ4v) is 11.8. The topological polar surface area (TPSA) is 203 Å². The van der Waals surface area contributed by atoms with Crippen LogP contribution in [0.15, 0.2) is 109 Å². The smallest absolute Gasteiger partial charge is 0.246 e. The molecule has 0 saturated carbocycles. The van der Waals surface area contributed by atoms with Crippen LogP contribution in [0.3, 0.4) is 0 Å². The third-order valence-electron chi connectivity index (χ3n) is 15.2. The number of pyridine rings is 1. The average molecular weight is 1080 g/mol. The summed E-state index contributed by atoms with van der Waals surface area (Å²) < 4.78 is 0. The number of carbonyl (C=O) groups is 5. The number of unbranched alkanes of at least 4 members (excludes halogenated alkanes) is 2. The monoisotopic (exact) mass is 1080 g/mol. The minimum Gasteiger partial charge on any atom is -0.391 e. The Labute approximate surface area is 459 Å². The summed E-state index contributed by atoms with van der Waals surface area (Å²) in [5.41, 5.74) is 8.32. The van der Waals surface area contributed by atoms with Crippen LogP contribution >= 0.6 is 22.9 Å². The van der Waals surface area contributed by atoms with E-state index in [0.717, 1.165) is 38.4 Å². The molecule has 1 unspecified atom stereocenters. The standard InChI is InChI=1S/C59H67ClN10O6S/c1-37(39-19-21-41(22-20-39)52-38(2)63-36-77-52)64-54(74)48-31-46(71)35-70(48)55(75)53(58(3,4)5)66-49(72)17-10-7-11-18-50(73)68-26-23-59(24-27-68)25-28-69(56(59)76)45-30-44(32-61-33-45)65-57-62-34-47(60)51(67-57)43-16-12-15-42(29-43)40-13-8-6-9-14-40/h6,8-9,12-16,19-22,29-30,32-34,36-37,46,48,53,71H,7,10-11,17-18,23-28,31,35H2,1-5H3,(H,64,74)(H,66,72)(H,62,65,67)/t37-,46+,48-,53?/m0/s1. The van der Waals surface area contributed by atoms with Gasteiger partial charge >= 0.3 is 0 Å². The fraction of sp³-hybridized carbons (Fsp3) is 0.407. The molecule has 4 N–H and O–H groups in total. The first-order valence-electron chi connectivity index (χ1n) is 26.6. The number of rotatable bonds is 17. The van der Waals surface area contributed by atoms with E-state index in [1.54, 1.807) is 34.8 Å². The van der Waals surface area contributed by atoms with Crippen molar-refractivity contribution in [2.24, 2.45) is 10.8 Å². The predicted octanol–water partition coefficient (Wildman–Crippen LogP) is 9.70. The molecule has 77 heavy (non-hydrogen) atoms. The molecular weight excluding hydrogens is 1010 g/mol. The van der Waals surface area contributed by atoms with Crippen LogP contribution in [0.2, 0.25) is 5.02 Å². The van der Waals surface area contributed by atoms with Gasteiger partial charge in [-0.2, -0.15) is 0 Å². The maximum Gasteiger partial charge on any atom is 0.246 e. The molecule has 3 aliphatic heterocycles. The Hall–Kier alpha value is -7.08. The number of aromatic nitrogens is 4. The number of aryl methyl sites for hydroxylation is 1. The lowest BCUT2D eigenvalue weighted by Crippen LogP contribution is -2.57. The number of piperidine rings is 1. The van der Waals surface area contributed by atoms with Gasteiger partial charge in [-0.1, -0.05) is 112 Å². The predicted molar refractivity (Wildman–Crippen MR) is 300 cm³/mol. The van der Waals surface area contributed by atoms with E-state index in [1.165, 1.54) is 4.90 Å². The van der Waals surface area contributed by atoms with Gasteiger partial charge in [0.2, 0.25) is 35.5 Å². The number of amides is 5. The second-order valence-electron chi connectivity index (χ2n) is 21.7. The number of thiazole rings is 1. The van der Waals surface area contributed by atoms with Crippen LogP contribution in [0.4, 0.5) is 17.3 Å². The molecule has 3 aliphatic rings. The second-order valence-corrected chi connectivity index (χ2v) is 23.0. The van der Waals surface area contributed by atoms with Crippen LogP contribution in [0.25, 0.3) is 32.8 Å². The average Bonchev–Trinajstić information content (AvgIpc) is 4.16. The lowest BCUT2D eigenvalue weighted by atomic mass is 9.77. The van der Waals surface area contributed by atoms with Crippen molar-refractivity contribution in [1.29, 1.82) is 0 Å². The van der Waals surface area contributed by atoms with Crippen LogP contribution in [0.5, 0.6) is 0 Å². The Kier molecular flexibility index (Phi) is 16.8. The van der Waals surface area contributed by atoms with Gasteiger partial charge in [0.05, 0.1) is 74.3 Å². The summed E-state index contributed by atoms with van der Waals surface area (Å²) in [6, 6.07) is 25.7. The van der Waals surface area contributed by atoms with Crippen molar-refractivity contribution in [1.82, 2.24) is 40.4 Å². The number of hydrogen-bond donors (Lipinski definition) is 4. The molecule has 4 atom stereocenters. The Morgan fingerprint density at radius 2 is 1.55 bits per heavy atom. The normalized spacial score (nSPS) is 18.1. The molecule has 6 aromatic rings. The number of nitrogens with zero attached hydrogens (tertiary/aromatic N) is 7. The molecule has 0 radical (unpaired) electrons. The Balaban J connectivity index is 0.712. The summed E-state index contributed by atoms with van der Waals surface area (Å²) in [7, 11) is 0. The van der Waals surface area contributed by atoms with Gasteiger partial charge in [-0.05, 0) is 85.8 Å². The summed E-state index contributed by atoms with van der Waals surface area (Å²) in [5, 5.41) is 20.4. The Morgan fingerprint density at radius 3 is 2.27 bits per heavy atom. The van der Waals surface area contributed by atoms with Crippen molar-refractivity contribution < 1.29 is 29.1 Å². The van der Waals surface area contributed by atoms with Crippen molar-refractivity contribution in [3.05, 3.63) is 125 Å². The quantitative estimate of drug-likeness (QED) is 0.0634. The Bertz CT molecular complexity index is 3100. The minimum absolute atomic E-state index is 0.0148. The third kappa shape index (κ3) is 12.7. The molecule has 3 aromatic carbocycles. The molecule has 1 spiro atoms. The van der Waals surface area contributed by atoms with Crippen LogP contribution in [0.1, 0.15) is 103 Å². The van der Waals surface area contributed by atoms with Crippen molar-refractivity contribution in [2.45, 2.75) is 117 Å². The molecule has 0 bridgehead atoms. The van der Waals surface area contributed by atoms with Crippen LogP contribution in [0, 0.1) is 17.8 Å². The van der Waals surface area contributed by atoms with E-state index in [-0.39, 0.29) is 49.1 Å². The molecule has 9 rings (SSSR count). The lowest BCUT2D eigenvalue weighted by Gasteiger charge is -2.38. The van der Waals surface area contributed by atoms with Gasteiger partial charge in [-0.25, -0.2) is 15.0 Å². The zero-order valence-corrected chi connectivity index (χ0v) is 45.9. The van der Waals surface area contributed by atoms with Gasteiger partial charge in [0, 0.05) is 51.0 Å². The summed E-state index contributed by atoms with van der Waals surface area (Å²) in [6.45, 7) is 10.9. The van der Waals surface area contributed by atoms with Crippen molar-refractivity contribution in [3.8, 4) is 32.8 Å². The second kappa shape index (κ2) is 23.7. The van der Waals surface area contributed by atoms with E-state index >= 15 is 0 Å². The van der Waals surface area contributed by atoms with E-state index in [9.17, 15) is 29.1 Å². The van der Waals surface area contributed by atoms with Crippen LogP contribution in [-0.2, 0) is 24.0 Å². The number of aliphatic hydroxyl groups excluding tert-OH is 1. The van der Waals surface area contributed by atoms with Crippen molar-refractivity contribution in [2.75, 3.05) is 36.4 Å². The molecular formula is C59H67ClN10O6S. The number of β-amino-alcohol motifs (C(OH)–C–C–N with tert-alkyl or cyclic N) is 1. The molecule has 16 nitrogen and oxygen atoms in total. The Morgan fingerprint density at radius 1 is 0.831 bits per heavy atom. The number of nitrogens with one attached hydrogen (secondary N) is 3. The summed E-state index contributed by atoms with van der Waals surface area (Å²) in [5.74, 6) is -0.670. The van der Waals surface area contributed by atoms with E-state index in [1.807, 2.05) is 118 Å². The zero-order valence-electron chi connectivity index (χ0n) is 44.3. The van der Waals surface area contributed by atoms with Gasteiger partial charge in [0.15, 0.2) is 0 Å². The maximum atomic E-state index is 14.2.